The molecule has 0 aromatic heterocycles. The summed E-state index contributed by atoms with van der Waals surface area (Å²) in [5.74, 6) is 1.64. The minimum Gasteiger partial charge on any atom is -0.495 e. The van der Waals surface area contributed by atoms with E-state index >= 15 is 0 Å². The van der Waals surface area contributed by atoms with Gasteiger partial charge in [0, 0.05) is 32.7 Å². The van der Waals surface area contributed by atoms with Crippen molar-refractivity contribution < 1.29 is 13.2 Å². The van der Waals surface area contributed by atoms with E-state index in [4.69, 9.17) is 9.88 Å². The third-order valence-electron chi connectivity index (χ3n) is 5.14. The Morgan fingerprint density at radius 1 is 1.23 bits per heavy atom. The van der Waals surface area contributed by atoms with Gasteiger partial charge in [-0.3, -0.25) is 4.99 Å². The number of guanidine groups is 1. The van der Waals surface area contributed by atoms with Gasteiger partial charge in [-0.15, -0.1) is 24.0 Å². The van der Waals surface area contributed by atoms with Crippen molar-refractivity contribution in [1.29, 1.82) is 0 Å². The van der Waals surface area contributed by atoms with Crippen LogP contribution < -0.4 is 25.4 Å². The van der Waals surface area contributed by atoms with E-state index in [-0.39, 0.29) is 34.9 Å². The molecule has 170 valence electrons. The van der Waals surface area contributed by atoms with Crippen LogP contribution in [0.2, 0.25) is 0 Å². The van der Waals surface area contributed by atoms with Gasteiger partial charge in [0.2, 0.25) is 10.0 Å². The molecular formula is C21H30IN5O3S. The van der Waals surface area contributed by atoms with Gasteiger partial charge < -0.3 is 20.3 Å². The standard InChI is InChI=1S/C21H29N5O3S.HI/c1-23-21(24-13-11-16-7-9-18(10-8-16)30(22,27)28)25-17-12-14-26(15-17)19-5-3-4-6-20(19)29-2;/h3-10,17H,11-15H2,1-2H3,(H2,22,27,28)(H2,23,24,25);1H. The molecule has 0 radical (unpaired) electrons. The number of nitrogens with two attached hydrogens (primary N) is 1. The van der Waals surface area contributed by atoms with Crippen LogP contribution in [0.25, 0.3) is 0 Å². The highest BCUT2D eigenvalue weighted by Gasteiger charge is 2.25. The van der Waals surface area contributed by atoms with Crippen molar-refractivity contribution in [3.63, 3.8) is 0 Å². The highest BCUT2D eigenvalue weighted by atomic mass is 127. The number of sulfonamides is 1. The van der Waals surface area contributed by atoms with Crippen LogP contribution in [0.1, 0.15) is 12.0 Å². The summed E-state index contributed by atoms with van der Waals surface area (Å²) in [5.41, 5.74) is 2.13. The summed E-state index contributed by atoms with van der Waals surface area (Å²) in [6.45, 7) is 2.50. The van der Waals surface area contributed by atoms with Crippen LogP contribution in [0, 0.1) is 0 Å². The zero-order valence-electron chi connectivity index (χ0n) is 17.7. The summed E-state index contributed by atoms with van der Waals surface area (Å²) in [7, 11) is -0.210. The molecule has 1 fully saturated rings. The second-order valence-electron chi connectivity index (χ2n) is 7.19. The fourth-order valence-electron chi connectivity index (χ4n) is 3.55. The molecule has 1 atom stereocenters. The molecule has 3 rings (SSSR count). The zero-order chi connectivity index (χ0) is 21.6. The van der Waals surface area contributed by atoms with E-state index in [1.54, 1.807) is 26.3 Å². The van der Waals surface area contributed by atoms with Gasteiger partial charge in [-0.1, -0.05) is 24.3 Å². The van der Waals surface area contributed by atoms with Crippen molar-refractivity contribution in [3.8, 4) is 5.75 Å². The van der Waals surface area contributed by atoms with E-state index in [9.17, 15) is 8.42 Å². The minimum atomic E-state index is -3.66. The highest BCUT2D eigenvalue weighted by molar-refractivity contribution is 14.0. The number of hydrogen-bond acceptors (Lipinski definition) is 5. The SMILES string of the molecule is CN=C(NCCc1ccc(S(N)(=O)=O)cc1)NC1CCN(c2ccccc2OC)C1.I. The van der Waals surface area contributed by atoms with Crippen LogP contribution in [0.4, 0.5) is 5.69 Å². The number of halogens is 1. The molecule has 8 nitrogen and oxygen atoms in total. The molecule has 4 N–H and O–H groups in total. The molecular weight excluding hydrogens is 529 g/mol. The van der Waals surface area contributed by atoms with Gasteiger partial charge in [-0.25, -0.2) is 13.6 Å². The quantitative estimate of drug-likeness (QED) is 0.272. The second-order valence-corrected chi connectivity index (χ2v) is 8.75. The van der Waals surface area contributed by atoms with Gasteiger partial charge >= 0.3 is 0 Å². The number of rotatable bonds is 7. The smallest absolute Gasteiger partial charge is 0.238 e. The third-order valence-corrected chi connectivity index (χ3v) is 6.07. The Kier molecular flexibility index (Phi) is 9.38. The zero-order valence-corrected chi connectivity index (χ0v) is 20.9. The third kappa shape index (κ3) is 6.97. The van der Waals surface area contributed by atoms with E-state index in [1.165, 1.54) is 12.1 Å². The minimum absolute atomic E-state index is 0. The summed E-state index contributed by atoms with van der Waals surface area (Å²) in [5, 5.41) is 11.9. The van der Waals surface area contributed by atoms with Crippen LogP contribution in [0.5, 0.6) is 5.75 Å². The van der Waals surface area contributed by atoms with E-state index in [2.05, 4.69) is 26.6 Å². The van der Waals surface area contributed by atoms with Crippen LogP contribution in [-0.4, -0.2) is 54.2 Å². The second kappa shape index (κ2) is 11.5. The Hall–Kier alpha value is -2.05. The predicted molar refractivity (Wildman–Crippen MR) is 135 cm³/mol. The fourth-order valence-corrected chi connectivity index (χ4v) is 4.06. The van der Waals surface area contributed by atoms with Crippen LogP contribution >= 0.6 is 24.0 Å². The first-order valence-electron chi connectivity index (χ1n) is 9.87. The lowest BCUT2D eigenvalue weighted by atomic mass is 10.1. The van der Waals surface area contributed by atoms with E-state index in [0.29, 0.717) is 6.54 Å². The monoisotopic (exact) mass is 559 g/mol. The number of primary sulfonamides is 1. The van der Waals surface area contributed by atoms with Crippen molar-refractivity contribution in [3.05, 3.63) is 54.1 Å². The van der Waals surface area contributed by atoms with E-state index in [1.807, 2.05) is 18.2 Å². The van der Waals surface area contributed by atoms with Crippen LogP contribution in [0.15, 0.2) is 58.4 Å². The lowest BCUT2D eigenvalue weighted by molar-refractivity contribution is 0.415. The van der Waals surface area contributed by atoms with Crippen molar-refractivity contribution >= 4 is 45.6 Å². The van der Waals surface area contributed by atoms with Crippen LogP contribution in [0.3, 0.4) is 0 Å². The predicted octanol–water partition coefficient (Wildman–Crippen LogP) is 1.95. The van der Waals surface area contributed by atoms with Crippen molar-refractivity contribution in [2.75, 3.05) is 38.7 Å². The largest absolute Gasteiger partial charge is 0.495 e. The highest BCUT2D eigenvalue weighted by Crippen LogP contribution is 2.30. The molecule has 0 aliphatic carbocycles. The molecule has 1 heterocycles. The first-order valence-corrected chi connectivity index (χ1v) is 11.4. The number of nitrogens with one attached hydrogen (secondary N) is 2. The first kappa shape index (κ1) is 25.2. The van der Waals surface area contributed by atoms with Gasteiger partial charge in [0.15, 0.2) is 5.96 Å². The summed E-state index contributed by atoms with van der Waals surface area (Å²) in [4.78, 5) is 6.76. The maximum absolute atomic E-state index is 11.3. The van der Waals surface area contributed by atoms with E-state index < -0.39 is 10.0 Å². The van der Waals surface area contributed by atoms with Gasteiger partial charge in [-0.2, -0.15) is 0 Å². The van der Waals surface area contributed by atoms with Gasteiger partial charge in [-0.05, 0) is 42.7 Å². The number of ether oxygens (including phenoxy) is 1. The number of anilines is 1. The van der Waals surface area contributed by atoms with Crippen molar-refractivity contribution in [1.82, 2.24) is 10.6 Å². The van der Waals surface area contributed by atoms with Gasteiger partial charge in [0.05, 0.1) is 17.7 Å². The van der Waals surface area contributed by atoms with E-state index in [0.717, 1.165) is 48.9 Å². The average molecular weight is 559 g/mol. The Bertz CT molecular complexity index is 983. The molecule has 1 aliphatic heterocycles. The maximum atomic E-state index is 11.3. The van der Waals surface area contributed by atoms with Gasteiger partial charge in [0.25, 0.3) is 0 Å². The Labute approximate surface area is 201 Å². The Morgan fingerprint density at radius 3 is 2.58 bits per heavy atom. The molecule has 0 bridgehead atoms. The molecule has 1 unspecified atom stereocenters. The fraction of sp³-hybridized carbons (Fsp3) is 0.381. The van der Waals surface area contributed by atoms with Crippen molar-refractivity contribution in [2.24, 2.45) is 10.1 Å². The average Bonchev–Trinajstić information content (AvgIpc) is 3.21. The molecule has 0 spiro atoms. The molecule has 0 amide bonds. The number of hydrogen-bond donors (Lipinski definition) is 3. The number of aliphatic imine (C=N–C) groups is 1. The lowest BCUT2D eigenvalue weighted by Crippen LogP contribution is -2.45. The maximum Gasteiger partial charge on any atom is 0.238 e. The summed E-state index contributed by atoms with van der Waals surface area (Å²) in [6, 6.07) is 15.0. The van der Waals surface area contributed by atoms with Gasteiger partial charge in [0.1, 0.15) is 5.75 Å². The molecule has 0 saturated carbocycles. The Morgan fingerprint density at radius 2 is 1.94 bits per heavy atom. The summed E-state index contributed by atoms with van der Waals surface area (Å²) >= 11 is 0. The van der Waals surface area contributed by atoms with Crippen LogP contribution in [-0.2, 0) is 16.4 Å². The summed E-state index contributed by atoms with van der Waals surface area (Å²) < 4.78 is 28.1. The normalized spacial score (nSPS) is 16.5. The molecule has 1 aliphatic rings. The Balaban J connectivity index is 0.00000341. The van der Waals surface area contributed by atoms with Crippen molar-refractivity contribution in [2.45, 2.75) is 23.8 Å². The molecule has 31 heavy (non-hydrogen) atoms. The lowest BCUT2D eigenvalue weighted by Gasteiger charge is -2.22. The molecule has 1 saturated heterocycles. The topological polar surface area (TPSA) is 109 Å². The summed E-state index contributed by atoms with van der Waals surface area (Å²) in [6.07, 6.45) is 1.75. The molecule has 10 heteroatoms. The number of para-hydroxylation sites is 2. The number of benzene rings is 2. The molecule has 2 aromatic carbocycles. The first-order chi connectivity index (χ1) is 14.4. The molecule has 2 aromatic rings. The number of nitrogens with zero attached hydrogens (tertiary/aromatic N) is 2. The number of methoxy groups -OCH3 is 1.